The molecule has 0 aromatic heterocycles. The van der Waals surface area contributed by atoms with Gasteiger partial charge in [0.05, 0.1) is 20.3 Å². The first kappa shape index (κ1) is 15.6. The summed E-state index contributed by atoms with van der Waals surface area (Å²) in [5.74, 6) is 1.56. The lowest BCUT2D eigenvalue weighted by Gasteiger charge is -2.37. The van der Waals surface area contributed by atoms with Crippen LogP contribution in [0, 0.1) is 0 Å². The topological polar surface area (TPSA) is 59.1 Å². The fraction of sp³-hybridized carbons (Fsp3) is 0.529. The molecule has 0 radical (unpaired) electrons. The lowest BCUT2D eigenvalue weighted by atomic mass is 9.96. The molecule has 0 aliphatic carbocycles. The van der Waals surface area contributed by atoms with Gasteiger partial charge in [-0.05, 0) is 13.0 Å². The average molecular weight is 318 g/mol. The molecule has 2 atom stereocenters. The normalized spacial score (nSPS) is 23.5. The molecule has 1 fully saturated rings. The first-order valence-corrected chi connectivity index (χ1v) is 7.83. The molecule has 0 N–H and O–H groups in total. The average Bonchev–Trinajstić information content (AvgIpc) is 2.94. The Labute approximate surface area is 136 Å². The zero-order valence-electron chi connectivity index (χ0n) is 13.7. The molecule has 2 aliphatic rings. The van der Waals surface area contributed by atoms with Crippen molar-refractivity contribution in [2.45, 2.75) is 25.3 Å². The van der Waals surface area contributed by atoms with Gasteiger partial charge in [-0.3, -0.25) is 9.59 Å². The van der Waals surface area contributed by atoms with E-state index < -0.39 is 0 Å². The number of carbonyl (C=O) groups excluding carboxylic acids is 2. The summed E-state index contributed by atoms with van der Waals surface area (Å²) in [6.45, 7) is 3.20. The number of likely N-dealkylation sites (N-methyl/N-ethyl adjacent to an activating group) is 1. The van der Waals surface area contributed by atoms with Crippen LogP contribution in [-0.4, -0.2) is 61.5 Å². The summed E-state index contributed by atoms with van der Waals surface area (Å²) in [5.41, 5.74) is 1.03. The van der Waals surface area contributed by atoms with Gasteiger partial charge in [-0.1, -0.05) is 6.07 Å². The van der Waals surface area contributed by atoms with Gasteiger partial charge in [-0.15, -0.1) is 0 Å². The smallest absolute Gasteiger partial charge is 0.242 e. The van der Waals surface area contributed by atoms with E-state index in [1.54, 1.807) is 24.0 Å². The van der Waals surface area contributed by atoms with Gasteiger partial charge in [-0.25, -0.2) is 0 Å². The minimum Gasteiger partial charge on any atom is -0.497 e. The first-order valence-electron chi connectivity index (χ1n) is 7.83. The molecule has 23 heavy (non-hydrogen) atoms. The monoisotopic (exact) mass is 318 g/mol. The van der Waals surface area contributed by atoms with Crippen LogP contribution in [-0.2, 0) is 9.59 Å². The highest BCUT2D eigenvalue weighted by Crippen LogP contribution is 2.38. The number of piperazine rings is 1. The highest BCUT2D eigenvalue weighted by Gasteiger charge is 2.33. The molecule has 2 unspecified atom stereocenters. The number of hydrogen-bond acceptors (Lipinski definition) is 4. The summed E-state index contributed by atoms with van der Waals surface area (Å²) in [4.78, 5) is 27.8. The molecule has 2 amide bonds. The third-order valence-electron chi connectivity index (χ3n) is 4.74. The van der Waals surface area contributed by atoms with E-state index in [2.05, 4.69) is 0 Å². The van der Waals surface area contributed by atoms with Crippen molar-refractivity contribution in [3.05, 3.63) is 23.8 Å². The van der Waals surface area contributed by atoms with Crippen LogP contribution in [0.5, 0.6) is 11.5 Å². The number of methoxy groups -OCH3 is 1. The van der Waals surface area contributed by atoms with Gasteiger partial charge in [0.15, 0.2) is 0 Å². The summed E-state index contributed by atoms with van der Waals surface area (Å²) < 4.78 is 10.9. The minimum absolute atomic E-state index is 0.00934. The van der Waals surface area contributed by atoms with E-state index in [0.29, 0.717) is 19.6 Å². The van der Waals surface area contributed by atoms with E-state index in [1.807, 2.05) is 25.1 Å². The Morgan fingerprint density at radius 3 is 2.91 bits per heavy atom. The number of fused-ring (bicyclic) bond motifs is 1. The largest absolute Gasteiger partial charge is 0.497 e. The number of ether oxygens (including phenoxy) is 2. The maximum absolute atomic E-state index is 12.6. The van der Waals surface area contributed by atoms with Crippen LogP contribution in [0.2, 0.25) is 0 Å². The Morgan fingerprint density at radius 2 is 2.22 bits per heavy atom. The quantitative estimate of drug-likeness (QED) is 0.842. The molecule has 1 saturated heterocycles. The molecule has 1 aromatic carbocycles. The number of hydrogen-bond donors (Lipinski definition) is 0. The Morgan fingerprint density at radius 1 is 1.43 bits per heavy atom. The Balaban J connectivity index is 1.67. The van der Waals surface area contributed by atoms with E-state index in [1.165, 1.54) is 0 Å². The van der Waals surface area contributed by atoms with E-state index in [9.17, 15) is 9.59 Å². The zero-order chi connectivity index (χ0) is 16.6. The Bertz CT molecular complexity index is 631. The lowest BCUT2D eigenvalue weighted by molar-refractivity contribution is -0.147. The molecular weight excluding hydrogens is 296 g/mol. The van der Waals surface area contributed by atoms with Crippen LogP contribution < -0.4 is 9.47 Å². The molecule has 6 nitrogen and oxygen atoms in total. The van der Waals surface area contributed by atoms with Crippen molar-refractivity contribution in [2.24, 2.45) is 0 Å². The van der Waals surface area contributed by atoms with Crippen molar-refractivity contribution in [3.8, 4) is 11.5 Å². The second-order valence-electron chi connectivity index (χ2n) is 6.24. The summed E-state index contributed by atoms with van der Waals surface area (Å²) in [5, 5.41) is 0. The Hall–Kier alpha value is -2.24. The second-order valence-corrected chi connectivity index (χ2v) is 6.24. The van der Waals surface area contributed by atoms with Crippen LogP contribution in [0.15, 0.2) is 18.2 Å². The van der Waals surface area contributed by atoms with E-state index in [4.69, 9.17) is 9.47 Å². The summed E-state index contributed by atoms with van der Waals surface area (Å²) >= 11 is 0. The van der Waals surface area contributed by atoms with E-state index in [0.717, 1.165) is 17.1 Å². The second kappa shape index (κ2) is 6.10. The van der Waals surface area contributed by atoms with Gasteiger partial charge in [0, 0.05) is 43.6 Å². The maximum Gasteiger partial charge on any atom is 0.242 e. The molecule has 6 heteroatoms. The van der Waals surface area contributed by atoms with Crippen LogP contribution >= 0.6 is 0 Å². The molecule has 0 bridgehead atoms. The number of amides is 2. The molecule has 0 saturated carbocycles. The van der Waals surface area contributed by atoms with Crippen molar-refractivity contribution < 1.29 is 19.1 Å². The number of benzene rings is 1. The molecule has 3 rings (SSSR count). The third-order valence-corrected chi connectivity index (χ3v) is 4.74. The fourth-order valence-corrected chi connectivity index (χ4v) is 3.11. The highest BCUT2D eigenvalue weighted by atomic mass is 16.5. The molecule has 2 aliphatic heterocycles. The SMILES string of the molecule is COc1ccc2c(c1)OCC2CC(=O)N1CC(=O)N(C)C(C)C1. The van der Waals surface area contributed by atoms with Gasteiger partial charge >= 0.3 is 0 Å². The van der Waals surface area contributed by atoms with Crippen LogP contribution in [0.3, 0.4) is 0 Å². The molecule has 2 heterocycles. The highest BCUT2D eigenvalue weighted by molar-refractivity contribution is 5.86. The van der Waals surface area contributed by atoms with E-state index >= 15 is 0 Å². The lowest BCUT2D eigenvalue weighted by Crippen LogP contribution is -2.55. The summed E-state index contributed by atoms with van der Waals surface area (Å²) in [7, 11) is 3.40. The van der Waals surface area contributed by atoms with Crippen LogP contribution in [0.1, 0.15) is 24.8 Å². The van der Waals surface area contributed by atoms with Crippen molar-refractivity contribution in [1.29, 1.82) is 0 Å². The fourth-order valence-electron chi connectivity index (χ4n) is 3.11. The number of nitrogens with zero attached hydrogens (tertiary/aromatic N) is 2. The zero-order valence-corrected chi connectivity index (χ0v) is 13.7. The minimum atomic E-state index is -0.00934. The van der Waals surface area contributed by atoms with Crippen LogP contribution in [0.4, 0.5) is 0 Å². The van der Waals surface area contributed by atoms with Crippen molar-refractivity contribution in [2.75, 3.05) is 33.9 Å². The third kappa shape index (κ3) is 2.98. The van der Waals surface area contributed by atoms with Gasteiger partial charge in [0.2, 0.25) is 11.8 Å². The van der Waals surface area contributed by atoms with Crippen molar-refractivity contribution in [3.63, 3.8) is 0 Å². The first-order chi connectivity index (χ1) is 11.0. The maximum atomic E-state index is 12.6. The van der Waals surface area contributed by atoms with E-state index in [-0.39, 0.29) is 30.3 Å². The number of rotatable bonds is 3. The summed E-state index contributed by atoms with van der Waals surface area (Å²) in [6.07, 6.45) is 0.364. The van der Waals surface area contributed by atoms with Gasteiger partial charge in [0.1, 0.15) is 11.5 Å². The van der Waals surface area contributed by atoms with Crippen LogP contribution in [0.25, 0.3) is 0 Å². The standard InChI is InChI=1S/C17H22N2O4/c1-11-8-19(9-17(21)18(11)2)16(20)6-12-10-23-15-7-13(22-3)4-5-14(12)15/h4-5,7,11-12H,6,8-10H2,1-3H3. The molecule has 0 spiro atoms. The van der Waals surface area contributed by atoms with Gasteiger partial charge < -0.3 is 19.3 Å². The van der Waals surface area contributed by atoms with Gasteiger partial charge in [-0.2, -0.15) is 0 Å². The van der Waals surface area contributed by atoms with Crippen molar-refractivity contribution >= 4 is 11.8 Å². The molecule has 124 valence electrons. The van der Waals surface area contributed by atoms with Crippen molar-refractivity contribution in [1.82, 2.24) is 9.80 Å². The molecule has 1 aromatic rings. The predicted molar refractivity (Wildman–Crippen MR) is 84.7 cm³/mol. The molecular formula is C17H22N2O4. The number of carbonyl (C=O) groups is 2. The van der Waals surface area contributed by atoms with Gasteiger partial charge in [0.25, 0.3) is 0 Å². The summed E-state index contributed by atoms with van der Waals surface area (Å²) in [6, 6.07) is 5.74. The predicted octanol–water partition coefficient (Wildman–Crippen LogP) is 1.25. The Kier molecular flexibility index (Phi) is 4.15.